The van der Waals surface area contributed by atoms with E-state index < -0.39 is 12.2 Å². The third-order valence-corrected chi connectivity index (χ3v) is 4.47. The first-order valence-corrected chi connectivity index (χ1v) is 7.98. The highest BCUT2D eigenvalue weighted by molar-refractivity contribution is 5.32. The fourth-order valence-electron chi connectivity index (χ4n) is 2.81. The van der Waals surface area contributed by atoms with Gasteiger partial charge in [0.1, 0.15) is 24.4 Å². The van der Waals surface area contributed by atoms with Crippen LogP contribution in [0.1, 0.15) is 34.5 Å². The van der Waals surface area contributed by atoms with Crippen LogP contribution in [-0.2, 0) is 15.9 Å². The molecule has 4 nitrogen and oxygen atoms in total. The van der Waals surface area contributed by atoms with Crippen LogP contribution in [0, 0.1) is 0 Å². The quantitative estimate of drug-likeness (QED) is 0.802. The van der Waals surface area contributed by atoms with Crippen LogP contribution in [0.15, 0.2) is 48.5 Å². The van der Waals surface area contributed by atoms with Gasteiger partial charge in [-0.2, -0.15) is 0 Å². The van der Waals surface area contributed by atoms with Crippen molar-refractivity contribution in [2.75, 3.05) is 13.2 Å². The zero-order chi connectivity index (χ0) is 15.8. The van der Waals surface area contributed by atoms with E-state index in [1.54, 1.807) is 0 Å². The molecule has 0 radical (unpaired) electrons. The molecular formula is C19H20O4. The summed E-state index contributed by atoms with van der Waals surface area (Å²) in [4.78, 5) is 0. The number of epoxide rings is 2. The molecule has 2 heterocycles. The topological polar surface area (TPSA) is 65.5 Å². The van der Waals surface area contributed by atoms with Crippen LogP contribution in [0.4, 0.5) is 0 Å². The maximum Gasteiger partial charge on any atom is 0.111 e. The van der Waals surface area contributed by atoms with E-state index in [1.807, 2.05) is 48.5 Å². The maximum absolute atomic E-state index is 10.0. The summed E-state index contributed by atoms with van der Waals surface area (Å²) in [5, 5.41) is 20.0. The van der Waals surface area contributed by atoms with Crippen molar-refractivity contribution in [3.63, 3.8) is 0 Å². The van der Waals surface area contributed by atoms with Gasteiger partial charge in [-0.25, -0.2) is 0 Å². The van der Waals surface area contributed by atoms with Gasteiger partial charge in [0.2, 0.25) is 0 Å². The minimum Gasteiger partial charge on any atom is -0.386 e. The smallest absolute Gasteiger partial charge is 0.111 e. The summed E-state index contributed by atoms with van der Waals surface area (Å²) >= 11 is 0. The van der Waals surface area contributed by atoms with Crippen molar-refractivity contribution in [1.82, 2.24) is 0 Å². The Morgan fingerprint density at radius 2 is 1.09 bits per heavy atom. The Hall–Kier alpha value is -1.72. The van der Waals surface area contributed by atoms with E-state index in [1.165, 1.54) is 11.1 Å². The second-order valence-electron chi connectivity index (χ2n) is 6.29. The Labute approximate surface area is 135 Å². The Balaban J connectivity index is 1.40. The average Bonchev–Trinajstić information content (AvgIpc) is 3.48. The van der Waals surface area contributed by atoms with E-state index in [-0.39, 0.29) is 12.2 Å². The molecule has 120 valence electrons. The van der Waals surface area contributed by atoms with Gasteiger partial charge < -0.3 is 19.7 Å². The summed E-state index contributed by atoms with van der Waals surface area (Å²) in [5.74, 6) is 0. The van der Waals surface area contributed by atoms with Crippen LogP contribution in [-0.4, -0.2) is 35.6 Å². The zero-order valence-electron chi connectivity index (χ0n) is 12.8. The number of hydrogen-bond acceptors (Lipinski definition) is 4. The van der Waals surface area contributed by atoms with Crippen LogP contribution in [0.3, 0.4) is 0 Å². The van der Waals surface area contributed by atoms with E-state index in [4.69, 9.17) is 9.47 Å². The van der Waals surface area contributed by atoms with Gasteiger partial charge in [-0.3, -0.25) is 0 Å². The molecule has 4 unspecified atom stereocenters. The summed E-state index contributed by atoms with van der Waals surface area (Å²) in [5.41, 5.74) is 4.19. The summed E-state index contributed by atoms with van der Waals surface area (Å²) in [6.07, 6.45) is -0.276. The molecule has 2 aliphatic heterocycles. The fraction of sp³-hybridized carbons (Fsp3) is 0.368. The van der Waals surface area contributed by atoms with Crippen molar-refractivity contribution in [2.45, 2.75) is 30.8 Å². The number of hydrogen-bond donors (Lipinski definition) is 2. The van der Waals surface area contributed by atoms with Gasteiger partial charge in [-0.1, -0.05) is 48.5 Å². The van der Waals surface area contributed by atoms with Gasteiger partial charge >= 0.3 is 0 Å². The van der Waals surface area contributed by atoms with Gasteiger partial charge in [-0.15, -0.1) is 0 Å². The van der Waals surface area contributed by atoms with Crippen LogP contribution in [0.2, 0.25) is 0 Å². The van der Waals surface area contributed by atoms with E-state index >= 15 is 0 Å². The number of aliphatic hydroxyl groups excluding tert-OH is 2. The van der Waals surface area contributed by atoms with Crippen molar-refractivity contribution >= 4 is 0 Å². The normalized spacial score (nSPS) is 25.0. The maximum atomic E-state index is 10.0. The SMILES string of the molecule is OC(c1ccc(Cc2ccc(C(O)C3CO3)cc2)cc1)C1CO1. The summed E-state index contributed by atoms with van der Waals surface area (Å²) in [6.45, 7) is 1.29. The molecule has 0 amide bonds. The molecule has 4 atom stereocenters. The summed E-state index contributed by atoms with van der Waals surface area (Å²) in [7, 11) is 0. The Kier molecular flexibility index (Phi) is 3.91. The first-order chi connectivity index (χ1) is 11.2. The molecule has 23 heavy (non-hydrogen) atoms. The summed E-state index contributed by atoms with van der Waals surface area (Å²) in [6, 6.07) is 16.0. The Bertz CT molecular complexity index is 597. The largest absolute Gasteiger partial charge is 0.386 e. The number of ether oxygens (including phenoxy) is 2. The highest BCUT2D eigenvalue weighted by Crippen LogP contribution is 2.29. The third kappa shape index (κ3) is 3.46. The molecule has 2 aromatic carbocycles. The highest BCUT2D eigenvalue weighted by Gasteiger charge is 2.32. The molecule has 0 aliphatic carbocycles. The monoisotopic (exact) mass is 312 g/mol. The second-order valence-corrected chi connectivity index (χ2v) is 6.29. The molecule has 4 rings (SSSR count). The lowest BCUT2D eigenvalue weighted by molar-refractivity contribution is 0.137. The zero-order valence-corrected chi connectivity index (χ0v) is 12.8. The molecule has 2 aromatic rings. The van der Waals surface area contributed by atoms with Gasteiger partial charge in [0.25, 0.3) is 0 Å². The standard InChI is InChI=1S/C19H20O4/c20-18(16-10-22-16)14-5-1-12(2-6-14)9-13-3-7-15(8-4-13)19(21)17-11-23-17/h1-8,16-21H,9-11H2. The van der Waals surface area contributed by atoms with Crippen LogP contribution >= 0.6 is 0 Å². The molecule has 0 bridgehead atoms. The minimum absolute atomic E-state index is 0.0322. The van der Waals surface area contributed by atoms with Crippen molar-refractivity contribution in [3.8, 4) is 0 Å². The predicted molar refractivity (Wildman–Crippen MR) is 85.1 cm³/mol. The fourth-order valence-corrected chi connectivity index (χ4v) is 2.81. The van der Waals surface area contributed by atoms with Gasteiger partial charge in [0.05, 0.1) is 13.2 Å². The lowest BCUT2D eigenvalue weighted by atomic mass is 9.99. The molecule has 0 spiro atoms. The van der Waals surface area contributed by atoms with Gasteiger partial charge in [0.15, 0.2) is 0 Å². The lowest BCUT2D eigenvalue weighted by Crippen LogP contribution is -2.05. The number of benzene rings is 2. The first kappa shape index (κ1) is 14.8. The molecule has 4 heteroatoms. The lowest BCUT2D eigenvalue weighted by Gasteiger charge is -2.10. The predicted octanol–water partition coefficient (Wildman–Crippen LogP) is 2.14. The molecule has 2 fully saturated rings. The summed E-state index contributed by atoms with van der Waals surface area (Å²) < 4.78 is 10.2. The van der Waals surface area contributed by atoms with Crippen molar-refractivity contribution in [3.05, 3.63) is 70.8 Å². The molecule has 0 saturated carbocycles. The van der Waals surface area contributed by atoms with Gasteiger partial charge in [0, 0.05) is 0 Å². The highest BCUT2D eigenvalue weighted by atomic mass is 16.6. The van der Waals surface area contributed by atoms with E-state index in [0.717, 1.165) is 17.5 Å². The first-order valence-electron chi connectivity index (χ1n) is 7.98. The van der Waals surface area contributed by atoms with Crippen LogP contribution in [0.5, 0.6) is 0 Å². The van der Waals surface area contributed by atoms with Crippen LogP contribution in [0.25, 0.3) is 0 Å². The number of rotatable bonds is 6. The van der Waals surface area contributed by atoms with Crippen molar-refractivity contribution in [2.24, 2.45) is 0 Å². The van der Waals surface area contributed by atoms with Gasteiger partial charge in [-0.05, 0) is 28.7 Å². The Morgan fingerprint density at radius 1 is 0.739 bits per heavy atom. The molecule has 0 aromatic heterocycles. The van der Waals surface area contributed by atoms with Crippen molar-refractivity contribution in [1.29, 1.82) is 0 Å². The minimum atomic E-state index is -0.519. The number of aliphatic hydroxyl groups is 2. The van der Waals surface area contributed by atoms with E-state index in [2.05, 4.69) is 0 Å². The second kappa shape index (κ2) is 6.06. The molecule has 2 N–H and O–H groups in total. The average molecular weight is 312 g/mol. The van der Waals surface area contributed by atoms with E-state index in [9.17, 15) is 10.2 Å². The van der Waals surface area contributed by atoms with Crippen molar-refractivity contribution < 1.29 is 19.7 Å². The van der Waals surface area contributed by atoms with E-state index in [0.29, 0.717) is 13.2 Å². The third-order valence-electron chi connectivity index (χ3n) is 4.47. The molecular weight excluding hydrogens is 292 g/mol. The van der Waals surface area contributed by atoms with Crippen LogP contribution < -0.4 is 0 Å². The molecule has 2 saturated heterocycles. The Morgan fingerprint density at radius 3 is 1.39 bits per heavy atom. The molecule has 2 aliphatic rings.